The summed E-state index contributed by atoms with van der Waals surface area (Å²) in [6.45, 7) is 6.60. The standard InChI is InChI=1S/C20H26N2O2/c1-14-11-15(2)13-18(12-14)22-16(3)20(23)21-10-9-17-5-7-19(24-4)8-6-17/h5-8,11-13,16,22H,9-10H2,1-4H3,(H,21,23)/t16-/m1/s1. The van der Waals surface area contributed by atoms with E-state index in [9.17, 15) is 4.79 Å². The highest BCUT2D eigenvalue weighted by atomic mass is 16.5. The third-order valence-electron chi connectivity index (χ3n) is 3.87. The molecule has 0 bridgehead atoms. The summed E-state index contributed by atoms with van der Waals surface area (Å²) in [7, 11) is 1.65. The van der Waals surface area contributed by atoms with Crippen LogP contribution in [-0.2, 0) is 11.2 Å². The zero-order chi connectivity index (χ0) is 17.5. The van der Waals surface area contributed by atoms with Gasteiger partial charge in [-0.1, -0.05) is 18.2 Å². The van der Waals surface area contributed by atoms with Gasteiger partial charge in [0.1, 0.15) is 11.8 Å². The number of carbonyl (C=O) groups is 1. The number of anilines is 1. The molecule has 0 aliphatic rings. The first-order valence-corrected chi connectivity index (χ1v) is 8.23. The van der Waals surface area contributed by atoms with E-state index in [1.165, 1.54) is 16.7 Å². The maximum atomic E-state index is 12.2. The molecule has 2 aromatic rings. The highest BCUT2D eigenvalue weighted by molar-refractivity contribution is 5.84. The zero-order valence-corrected chi connectivity index (χ0v) is 14.8. The van der Waals surface area contributed by atoms with Crippen LogP contribution in [0.5, 0.6) is 5.75 Å². The molecule has 1 atom stereocenters. The van der Waals surface area contributed by atoms with Gasteiger partial charge >= 0.3 is 0 Å². The lowest BCUT2D eigenvalue weighted by Gasteiger charge is -2.16. The number of aryl methyl sites for hydroxylation is 2. The van der Waals surface area contributed by atoms with E-state index in [4.69, 9.17) is 4.74 Å². The second kappa shape index (κ2) is 8.39. The summed E-state index contributed by atoms with van der Waals surface area (Å²) in [5.74, 6) is 0.844. The summed E-state index contributed by atoms with van der Waals surface area (Å²) in [6.07, 6.45) is 0.798. The first-order chi connectivity index (χ1) is 11.5. The van der Waals surface area contributed by atoms with Crippen LogP contribution in [0.15, 0.2) is 42.5 Å². The molecular weight excluding hydrogens is 300 g/mol. The molecule has 2 N–H and O–H groups in total. The average Bonchev–Trinajstić information content (AvgIpc) is 2.54. The van der Waals surface area contributed by atoms with Gasteiger partial charge in [0, 0.05) is 12.2 Å². The Bertz CT molecular complexity index is 660. The predicted octanol–water partition coefficient (Wildman–Crippen LogP) is 3.47. The molecule has 0 fully saturated rings. The minimum atomic E-state index is -0.276. The van der Waals surface area contributed by atoms with Crippen molar-refractivity contribution in [2.75, 3.05) is 19.0 Å². The number of rotatable bonds is 7. The Hall–Kier alpha value is -2.49. The van der Waals surface area contributed by atoms with Crippen LogP contribution >= 0.6 is 0 Å². The zero-order valence-electron chi connectivity index (χ0n) is 14.8. The van der Waals surface area contributed by atoms with E-state index in [2.05, 4.69) is 30.5 Å². The maximum absolute atomic E-state index is 12.2. The lowest BCUT2D eigenvalue weighted by Crippen LogP contribution is -2.38. The minimum Gasteiger partial charge on any atom is -0.497 e. The Balaban J connectivity index is 1.80. The van der Waals surface area contributed by atoms with Crippen molar-refractivity contribution in [1.82, 2.24) is 5.32 Å². The average molecular weight is 326 g/mol. The van der Waals surface area contributed by atoms with Crippen LogP contribution < -0.4 is 15.4 Å². The van der Waals surface area contributed by atoms with Crippen LogP contribution in [0.1, 0.15) is 23.6 Å². The molecule has 0 radical (unpaired) electrons. The topological polar surface area (TPSA) is 50.4 Å². The van der Waals surface area contributed by atoms with Crippen LogP contribution in [0, 0.1) is 13.8 Å². The summed E-state index contributed by atoms with van der Waals surface area (Å²) >= 11 is 0. The van der Waals surface area contributed by atoms with Gasteiger partial charge in [0.05, 0.1) is 7.11 Å². The molecule has 0 heterocycles. The Morgan fingerprint density at radius 2 is 1.71 bits per heavy atom. The predicted molar refractivity (Wildman–Crippen MR) is 98.7 cm³/mol. The van der Waals surface area contributed by atoms with Gasteiger partial charge in [0.2, 0.25) is 5.91 Å². The molecule has 0 saturated heterocycles. The Kier molecular flexibility index (Phi) is 6.24. The van der Waals surface area contributed by atoms with Crippen molar-refractivity contribution in [3.05, 3.63) is 59.2 Å². The molecule has 0 aromatic heterocycles. The molecule has 0 aliphatic carbocycles. The normalized spacial score (nSPS) is 11.7. The van der Waals surface area contributed by atoms with E-state index in [1.807, 2.05) is 43.3 Å². The van der Waals surface area contributed by atoms with Crippen LogP contribution in [0.25, 0.3) is 0 Å². The van der Waals surface area contributed by atoms with Crippen LogP contribution in [-0.4, -0.2) is 25.6 Å². The maximum Gasteiger partial charge on any atom is 0.242 e. The number of nitrogens with one attached hydrogen (secondary N) is 2. The van der Waals surface area contributed by atoms with Gasteiger partial charge in [-0.3, -0.25) is 4.79 Å². The molecule has 2 aromatic carbocycles. The van der Waals surface area contributed by atoms with Gasteiger partial charge in [-0.2, -0.15) is 0 Å². The molecule has 0 aliphatic heterocycles. The first kappa shape index (κ1) is 17.9. The first-order valence-electron chi connectivity index (χ1n) is 8.23. The Morgan fingerprint density at radius 3 is 2.29 bits per heavy atom. The number of amides is 1. The third-order valence-corrected chi connectivity index (χ3v) is 3.87. The fourth-order valence-electron chi connectivity index (χ4n) is 2.65. The molecule has 0 spiro atoms. The molecular formula is C20H26N2O2. The molecule has 2 rings (SSSR count). The van der Waals surface area contributed by atoms with E-state index in [0.717, 1.165) is 17.9 Å². The van der Waals surface area contributed by atoms with E-state index >= 15 is 0 Å². The second-order valence-electron chi connectivity index (χ2n) is 6.13. The molecule has 0 saturated carbocycles. The number of methoxy groups -OCH3 is 1. The van der Waals surface area contributed by atoms with Crippen molar-refractivity contribution < 1.29 is 9.53 Å². The Labute approximate surface area is 144 Å². The fourth-order valence-corrected chi connectivity index (χ4v) is 2.65. The van der Waals surface area contributed by atoms with Crippen molar-refractivity contribution in [2.24, 2.45) is 0 Å². The highest BCUT2D eigenvalue weighted by Gasteiger charge is 2.12. The van der Waals surface area contributed by atoms with Gasteiger partial charge in [0.25, 0.3) is 0 Å². The van der Waals surface area contributed by atoms with E-state index in [-0.39, 0.29) is 11.9 Å². The highest BCUT2D eigenvalue weighted by Crippen LogP contribution is 2.15. The monoisotopic (exact) mass is 326 g/mol. The third kappa shape index (κ3) is 5.30. The van der Waals surface area contributed by atoms with Crippen molar-refractivity contribution in [3.8, 4) is 5.75 Å². The summed E-state index contributed by atoms with van der Waals surface area (Å²) in [5, 5.41) is 6.23. The van der Waals surface area contributed by atoms with E-state index < -0.39 is 0 Å². The van der Waals surface area contributed by atoms with Crippen LogP contribution in [0.4, 0.5) is 5.69 Å². The molecule has 128 valence electrons. The van der Waals surface area contributed by atoms with Gasteiger partial charge in [0.15, 0.2) is 0 Å². The number of hydrogen-bond acceptors (Lipinski definition) is 3. The Morgan fingerprint density at radius 1 is 1.08 bits per heavy atom. The molecule has 24 heavy (non-hydrogen) atoms. The summed E-state index contributed by atoms with van der Waals surface area (Å²) in [6, 6.07) is 13.8. The van der Waals surface area contributed by atoms with E-state index in [1.54, 1.807) is 7.11 Å². The summed E-state index contributed by atoms with van der Waals surface area (Å²) in [5.41, 5.74) is 4.52. The minimum absolute atomic E-state index is 0.00247. The van der Waals surface area contributed by atoms with Crippen molar-refractivity contribution in [2.45, 2.75) is 33.2 Å². The van der Waals surface area contributed by atoms with Gasteiger partial charge in [-0.15, -0.1) is 0 Å². The smallest absolute Gasteiger partial charge is 0.242 e. The lowest BCUT2D eigenvalue weighted by molar-refractivity contribution is -0.121. The molecule has 4 heteroatoms. The van der Waals surface area contributed by atoms with Crippen molar-refractivity contribution >= 4 is 11.6 Å². The number of carbonyl (C=O) groups excluding carboxylic acids is 1. The molecule has 1 amide bonds. The lowest BCUT2D eigenvalue weighted by atomic mass is 10.1. The fraction of sp³-hybridized carbons (Fsp3) is 0.350. The number of hydrogen-bond donors (Lipinski definition) is 2. The SMILES string of the molecule is COc1ccc(CCNC(=O)[C@@H](C)Nc2cc(C)cc(C)c2)cc1. The number of benzene rings is 2. The van der Waals surface area contributed by atoms with Gasteiger partial charge < -0.3 is 15.4 Å². The van der Waals surface area contributed by atoms with Gasteiger partial charge in [-0.25, -0.2) is 0 Å². The quantitative estimate of drug-likeness (QED) is 0.819. The van der Waals surface area contributed by atoms with Crippen molar-refractivity contribution in [3.63, 3.8) is 0 Å². The van der Waals surface area contributed by atoms with Crippen LogP contribution in [0.3, 0.4) is 0 Å². The van der Waals surface area contributed by atoms with Gasteiger partial charge in [-0.05, 0) is 68.1 Å². The summed E-state index contributed by atoms with van der Waals surface area (Å²) < 4.78 is 5.14. The largest absolute Gasteiger partial charge is 0.497 e. The van der Waals surface area contributed by atoms with E-state index in [0.29, 0.717) is 6.54 Å². The van der Waals surface area contributed by atoms with Crippen LogP contribution in [0.2, 0.25) is 0 Å². The number of ether oxygens (including phenoxy) is 1. The second-order valence-corrected chi connectivity index (χ2v) is 6.13. The summed E-state index contributed by atoms with van der Waals surface area (Å²) in [4.78, 5) is 12.2. The van der Waals surface area contributed by atoms with Crippen molar-refractivity contribution in [1.29, 1.82) is 0 Å². The molecule has 0 unspecified atom stereocenters. The molecule has 4 nitrogen and oxygen atoms in total.